The van der Waals surface area contributed by atoms with E-state index < -0.39 is 15.6 Å². The zero-order chi connectivity index (χ0) is 18.7. The summed E-state index contributed by atoms with van der Waals surface area (Å²) < 4.78 is 25.3. The monoisotopic (exact) mass is 360 g/mol. The number of carbonyl (C=O) groups is 1. The molecule has 6 heteroatoms. The highest BCUT2D eigenvalue weighted by atomic mass is 32.2. The first-order valence-corrected chi connectivity index (χ1v) is 9.90. The highest BCUT2D eigenvalue weighted by molar-refractivity contribution is 7.92. The second kappa shape index (κ2) is 7.27. The summed E-state index contributed by atoms with van der Waals surface area (Å²) in [5, 5.41) is 3.04. The SMILES string of the molecule is Cc1c(NS(C)(=O)=O)cccc1C(=O)NC(C)(C)Cc1ccccc1. The molecule has 0 heterocycles. The van der Waals surface area contributed by atoms with Crippen LogP contribution in [0.5, 0.6) is 0 Å². The maximum absolute atomic E-state index is 12.7. The van der Waals surface area contributed by atoms with Gasteiger partial charge in [-0.15, -0.1) is 0 Å². The van der Waals surface area contributed by atoms with Gasteiger partial charge in [-0.25, -0.2) is 8.42 Å². The number of sulfonamides is 1. The number of hydrogen-bond donors (Lipinski definition) is 2. The van der Waals surface area contributed by atoms with Crippen molar-refractivity contribution >= 4 is 21.6 Å². The molecule has 0 aliphatic heterocycles. The Kier molecular flexibility index (Phi) is 5.52. The van der Waals surface area contributed by atoms with E-state index in [-0.39, 0.29) is 5.91 Å². The van der Waals surface area contributed by atoms with Gasteiger partial charge in [0.05, 0.1) is 11.9 Å². The molecule has 0 fully saturated rings. The van der Waals surface area contributed by atoms with Crippen LogP contribution in [-0.2, 0) is 16.4 Å². The lowest BCUT2D eigenvalue weighted by molar-refractivity contribution is 0.0912. The summed E-state index contributed by atoms with van der Waals surface area (Å²) >= 11 is 0. The summed E-state index contributed by atoms with van der Waals surface area (Å²) in [4.78, 5) is 12.7. The Morgan fingerprint density at radius 1 is 1.04 bits per heavy atom. The van der Waals surface area contributed by atoms with Gasteiger partial charge in [-0.3, -0.25) is 9.52 Å². The van der Waals surface area contributed by atoms with E-state index >= 15 is 0 Å². The number of anilines is 1. The summed E-state index contributed by atoms with van der Waals surface area (Å²) in [6.45, 7) is 5.66. The van der Waals surface area contributed by atoms with Crippen LogP contribution in [0.25, 0.3) is 0 Å². The van der Waals surface area contributed by atoms with Crippen molar-refractivity contribution in [2.24, 2.45) is 0 Å². The Morgan fingerprint density at radius 2 is 1.68 bits per heavy atom. The first-order chi connectivity index (χ1) is 11.6. The number of carbonyl (C=O) groups excluding carboxylic acids is 1. The summed E-state index contributed by atoms with van der Waals surface area (Å²) in [5.41, 5.74) is 2.16. The molecule has 2 rings (SSSR count). The summed E-state index contributed by atoms with van der Waals surface area (Å²) in [6.07, 6.45) is 1.78. The fourth-order valence-electron chi connectivity index (χ4n) is 2.72. The van der Waals surface area contributed by atoms with Crippen LogP contribution in [-0.4, -0.2) is 26.1 Å². The lowest BCUT2D eigenvalue weighted by Gasteiger charge is -2.27. The van der Waals surface area contributed by atoms with Gasteiger partial charge < -0.3 is 5.32 Å². The fraction of sp³-hybridized carbons (Fsp3) is 0.316. The summed E-state index contributed by atoms with van der Waals surface area (Å²) in [5.74, 6) is -0.226. The highest BCUT2D eigenvalue weighted by Gasteiger charge is 2.23. The van der Waals surface area contributed by atoms with E-state index in [4.69, 9.17) is 0 Å². The van der Waals surface area contributed by atoms with Crippen LogP contribution in [0.15, 0.2) is 48.5 Å². The minimum atomic E-state index is -3.40. The van der Waals surface area contributed by atoms with Crippen molar-refractivity contribution in [2.45, 2.75) is 32.7 Å². The number of rotatable bonds is 6. The van der Waals surface area contributed by atoms with Gasteiger partial charge in [0.15, 0.2) is 0 Å². The Morgan fingerprint density at radius 3 is 2.28 bits per heavy atom. The standard InChI is InChI=1S/C19H24N2O3S/c1-14-16(11-8-12-17(14)21-25(4,23)24)18(22)20-19(2,3)13-15-9-6-5-7-10-15/h5-12,21H,13H2,1-4H3,(H,20,22). The molecule has 0 aliphatic carbocycles. The fourth-order valence-corrected chi connectivity index (χ4v) is 3.34. The third-order valence-electron chi connectivity index (χ3n) is 3.81. The molecular formula is C19H24N2O3S. The van der Waals surface area contributed by atoms with Gasteiger partial charge in [0.1, 0.15) is 0 Å². The second-order valence-electron chi connectivity index (χ2n) is 6.85. The van der Waals surface area contributed by atoms with Gasteiger partial charge in [-0.05, 0) is 50.5 Å². The van der Waals surface area contributed by atoms with E-state index in [0.717, 1.165) is 11.8 Å². The van der Waals surface area contributed by atoms with Crippen LogP contribution in [0.4, 0.5) is 5.69 Å². The molecule has 0 spiro atoms. The van der Waals surface area contributed by atoms with Crippen molar-refractivity contribution < 1.29 is 13.2 Å². The predicted octanol–water partition coefficient (Wildman–Crippen LogP) is 3.12. The van der Waals surface area contributed by atoms with Gasteiger partial charge in [0, 0.05) is 11.1 Å². The summed E-state index contributed by atoms with van der Waals surface area (Å²) in [7, 11) is -3.40. The third-order valence-corrected chi connectivity index (χ3v) is 4.41. The number of nitrogens with one attached hydrogen (secondary N) is 2. The van der Waals surface area contributed by atoms with E-state index in [1.165, 1.54) is 0 Å². The van der Waals surface area contributed by atoms with Crippen LogP contribution < -0.4 is 10.0 Å². The first-order valence-electron chi connectivity index (χ1n) is 8.01. The molecule has 0 saturated carbocycles. The van der Waals surface area contributed by atoms with Crippen molar-refractivity contribution in [2.75, 3.05) is 11.0 Å². The van der Waals surface area contributed by atoms with Crippen LogP contribution in [0, 0.1) is 6.92 Å². The lowest BCUT2D eigenvalue weighted by atomic mass is 9.94. The Balaban J connectivity index is 2.19. The van der Waals surface area contributed by atoms with Crippen molar-refractivity contribution in [1.82, 2.24) is 5.32 Å². The van der Waals surface area contributed by atoms with Crippen molar-refractivity contribution in [3.05, 3.63) is 65.2 Å². The number of hydrogen-bond acceptors (Lipinski definition) is 3. The zero-order valence-corrected chi connectivity index (χ0v) is 15.8. The van der Waals surface area contributed by atoms with Gasteiger partial charge in [-0.1, -0.05) is 36.4 Å². The average Bonchev–Trinajstić information content (AvgIpc) is 2.48. The van der Waals surface area contributed by atoms with Crippen LogP contribution in [0.2, 0.25) is 0 Å². The number of amides is 1. The molecule has 25 heavy (non-hydrogen) atoms. The number of benzene rings is 2. The normalized spacial score (nSPS) is 11.8. The summed E-state index contributed by atoms with van der Waals surface area (Å²) in [6, 6.07) is 14.9. The first kappa shape index (κ1) is 19.0. The molecule has 134 valence electrons. The van der Waals surface area contributed by atoms with E-state index in [2.05, 4.69) is 10.0 Å². The molecule has 1 amide bonds. The minimum absolute atomic E-state index is 0.226. The lowest BCUT2D eigenvalue weighted by Crippen LogP contribution is -2.45. The van der Waals surface area contributed by atoms with E-state index in [0.29, 0.717) is 23.2 Å². The van der Waals surface area contributed by atoms with E-state index in [9.17, 15) is 13.2 Å². The quantitative estimate of drug-likeness (QED) is 0.831. The van der Waals surface area contributed by atoms with E-state index in [1.54, 1.807) is 25.1 Å². The zero-order valence-electron chi connectivity index (χ0n) is 15.0. The largest absolute Gasteiger partial charge is 0.347 e. The molecule has 0 unspecified atom stereocenters. The molecular weight excluding hydrogens is 336 g/mol. The van der Waals surface area contributed by atoms with Gasteiger partial charge in [-0.2, -0.15) is 0 Å². The molecule has 5 nitrogen and oxygen atoms in total. The van der Waals surface area contributed by atoms with Crippen molar-refractivity contribution in [3.63, 3.8) is 0 Å². The molecule has 0 saturated heterocycles. The molecule has 2 N–H and O–H groups in total. The Hall–Kier alpha value is -2.34. The van der Waals surface area contributed by atoms with Gasteiger partial charge >= 0.3 is 0 Å². The third kappa shape index (κ3) is 5.60. The van der Waals surface area contributed by atoms with E-state index in [1.807, 2.05) is 44.2 Å². The van der Waals surface area contributed by atoms with Crippen molar-refractivity contribution in [1.29, 1.82) is 0 Å². The predicted molar refractivity (Wildman–Crippen MR) is 101 cm³/mol. The topological polar surface area (TPSA) is 75.3 Å². The van der Waals surface area contributed by atoms with Crippen LogP contribution >= 0.6 is 0 Å². The second-order valence-corrected chi connectivity index (χ2v) is 8.60. The van der Waals surface area contributed by atoms with Crippen molar-refractivity contribution in [3.8, 4) is 0 Å². The molecule has 0 aliphatic rings. The molecule has 2 aromatic rings. The average molecular weight is 360 g/mol. The molecule has 0 bridgehead atoms. The Bertz CT molecular complexity index is 859. The molecule has 2 aromatic carbocycles. The maximum atomic E-state index is 12.7. The molecule has 0 atom stereocenters. The molecule has 0 radical (unpaired) electrons. The minimum Gasteiger partial charge on any atom is -0.347 e. The smallest absolute Gasteiger partial charge is 0.252 e. The Labute approximate surface area is 149 Å². The van der Waals surface area contributed by atoms with Crippen LogP contribution in [0.3, 0.4) is 0 Å². The molecule has 0 aromatic heterocycles. The maximum Gasteiger partial charge on any atom is 0.252 e. The van der Waals surface area contributed by atoms with Gasteiger partial charge in [0.25, 0.3) is 5.91 Å². The highest BCUT2D eigenvalue weighted by Crippen LogP contribution is 2.21. The van der Waals surface area contributed by atoms with Crippen LogP contribution in [0.1, 0.15) is 35.3 Å². The van der Waals surface area contributed by atoms with Gasteiger partial charge in [0.2, 0.25) is 10.0 Å².